The predicted molar refractivity (Wildman–Crippen MR) is 122 cm³/mol. The minimum atomic E-state index is -0.777. The Morgan fingerprint density at radius 2 is 1.58 bits per heavy atom. The largest absolute Gasteiger partial charge is 0.480 e. The van der Waals surface area contributed by atoms with Crippen molar-refractivity contribution < 1.29 is 15.0 Å². The molecule has 0 spiro atoms. The second-order valence-electron chi connectivity index (χ2n) is 8.60. The molecule has 2 heterocycles. The van der Waals surface area contributed by atoms with Crippen LogP contribution in [0, 0.1) is 0 Å². The molecule has 0 bridgehead atoms. The molecule has 4 rings (SSSR count). The van der Waals surface area contributed by atoms with Crippen molar-refractivity contribution in [1.82, 2.24) is 14.7 Å². The lowest BCUT2D eigenvalue weighted by molar-refractivity contribution is -0.144. The van der Waals surface area contributed by atoms with Gasteiger partial charge in [-0.15, -0.1) is 0 Å². The first-order chi connectivity index (χ1) is 15.2. The second-order valence-corrected chi connectivity index (χ2v) is 8.60. The van der Waals surface area contributed by atoms with Crippen molar-refractivity contribution in [2.75, 3.05) is 52.4 Å². The highest BCUT2D eigenvalue weighted by Crippen LogP contribution is 2.30. The van der Waals surface area contributed by atoms with Crippen molar-refractivity contribution in [2.45, 2.75) is 24.9 Å². The van der Waals surface area contributed by atoms with E-state index in [2.05, 4.69) is 26.8 Å². The van der Waals surface area contributed by atoms with Gasteiger partial charge in [0.2, 0.25) is 0 Å². The molecule has 0 aliphatic carbocycles. The number of hydrogen-bond acceptors (Lipinski definition) is 5. The smallest absolute Gasteiger partial charge is 0.325 e. The van der Waals surface area contributed by atoms with E-state index in [1.807, 2.05) is 42.5 Å². The van der Waals surface area contributed by atoms with Crippen LogP contribution < -0.4 is 0 Å². The van der Waals surface area contributed by atoms with E-state index >= 15 is 0 Å². The van der Waals surface area contributed by atoms with Gasteiger partial charge in [-0.1, -0.05) is 48.5 Å². The van der Waals surface area contributed by atoms with E-state index in [1.54, 1.807) is 0 Å². The molecule has 6 nitrogen and oxygen atoms in total. The van der Waals surface area contributed by atoms with E-state index in [1.165, 1.54) is 0 Å². The third kappa shape index (κ3) is 5.33. The third-order valence-corrected chi connectivity index (χ3v) is 6.75. The van der Waals surface area contributed by atoms with Crippen molar-refractivity contribution >= 4 is 5.97 Å². The van der Waals surface area contributed by atoms with Gasteiger partial charge in [-0.2, -0.15) is 0 Å². The molecule has 0 saturated carbocycles. The quantitative estimate of drug-likeness (QED) is 0.714. The number of likely N-dealkylation sites (tertiary alicyclic amines) is 1. The monoisotopic (exact) mass is 423 g/mol. The molecule has 166 valence electrons. The van der Waals surface area contributed by atoms with Crippen molar-refractivity contribution in [1.29, 1.82) is 0 Å². The van der Waals surface area contributed by atoms with E-state index < -0.39 is 12.0 Å². The maximum atomic E-state index is 12.2. The first kappa shape index (κ1) is 22.0. The highest BCUT2D eigenvalue weighted by atomic mass is 16.4. The van der Waals surface area contributed by atoms with Crippen molar-refractivity contribution in [3.05, 3.63) is 60.2 Å². The number of carbonyl (C=O) groups is 1. The Morgan fingerprint density at radius 3 is 2.23 bits per heavy atom. The number of carboxylic acid groups (broad SMARTS) is 1. The van der Waals surface area contributed by atoms with Gasteiger partial charge in [0.05, 0.1) is 6.61 Å². The van der Waals surface area contributed by atoms with Gasteiger partial charge in [0.15, 0.2) is 0 Å². The van der Waals surface area contributed by atoms with Crippen LogP contribution in [0.4, 0.5) is 0 Å². The van der Waals surface area contributed by atoms with Gasteiger partial charge in [-0.3, -0.25) is 19.5 Å². The minimum absolute atomic E-state index is 0.223. The van der Waals surface area contributed by atoms with Gasteiger partial charge < -0.3 is 10.2 Å². The standard InChI is InChI=1S/C25H33N3O3/c29-18-17-26-13-15-27(16-14-26)23-9-11-28(12-10-23)24(25(30)31)22-8-4-7-21(19-22)20-5-2-1-3-6-20/h1-8,19,23-24,29H,9-18H2,(H,30,31). The van der Waals surface area contributed by atoms with Crippen molar-refractivity contribution in [2.24, 2.45) is 0 Å². The molecule has 6 heteroatoms. The van der Waals surface area contributed by atoms with Gasteiger partial charge >= 0.3 is 5.97 Å². The summed E-state index contributed by atoms with van der Waals surface area (Å²) < 4.78 is 0. The number of piperidine rings is 1. The maximum absolute atomic E-state index is 12.2. The topological polar surface area (TPSA) is 67.2 Å². The van der Waals surface area contributed by atoms with E-state index in [9.17, 15) is 9.90 Å². The Balaban J connectivity index is 1.40. The van der Waals surface area contributed by atoms with Gasteiger partial charge in [-0.25, -0.2) is 0 Å². The van der Waals surface area contributed by atoms with Crippen LogP contribution in [0.2, 0.25) is 0 Å². The summed E-state index contributed by atoms with van der Waals surface area (Å²) in [6, 6.07) is 18.0. The lowest BCUT2D eigenvalue weighted by Crippen LogP contribution is -2.54. The number of aliphatic hydroxyl groups excluding tert-OH is 1. The number of nitrogens with zero attached hydrogens (tertiary/aromatic N) is 3. The number of benzene rings is 2. The summed E-state index contributed by atoms with van der Waals surface area (Å²) in [6.07, 6.45) is 2.00. The Kier molecular flexibility index (Phi) is 7.35. The molecular weight excluding hydrogens is 390 g/mol. The highest BCUT2D eigenvalue weighted by Gasteiger charge is 2.33. The second kappa shape index (κ2) is 10.4. The van der Waals surface area contributed by atoms with Gasteiger partial charge in [0.25, 0.3) is 0 Å². The summed E-state index contributed by atoms with van der Waals surface area (Å²) in [5.41, 5.74) is 3.01. The van der Waals surface area contributed by atoms with Crippen LogP contribution >= 0.6 is 0 Å². The molecule has 2 saturated heterocycles. The molecule has 1 atom stereocenters. The molecule has 0 amide bonds. The Labute approximate surface area is 184 Å². The highest BCUT2D eigenvalue weighted by molar-refractivity contribution is 5.77. The van der Waals surface area contributed by atoms with E-state index in [-0.39, 0.29) is 6.61 Å². The predicted octanol–water partition coefficient (Wildman–Crippen LogP) is 2.55. The lowest BCUT2D eigenvalue weighted by atomic mass is 9.95. The van der Waals surface area contributed by atoms with E-state index in [0.29, 0.717) is 6.04 Å². The molecule has 2 aliphatic heterocycles. The van der Waals surface area contributed by atoms with Gasteiger partial charge in [0, 0.05) is 51.9 Å². The molecule has 0 aromatic heterocycles. The molecule has 31 heavy (non-hydrogen) atoms. The SMILES string of the molecule is O=C(O)C(c1cccc(-c2ccccc2)c1)N1CCC(N2CCN(CCO)CC2)CC1. The molecular formula is C25H33N3O3. The van der Waals surface area contributed by atoms with Crippen LogP contribution in [0.15, 0.2) is 54.6 Å². The molecule has 1 unspecified atom stereocenters. The summed E-state index contributed by atoms with van der Waals surface area (Å²) >= 11 is 0. The Hall–Kier alpha value is -2.25. The Morgan fingerprint density at radius 1 is 0.903 bits per heavy atom. The number of rotatable bonds is 7. The van der Waals surface area contributed by atoms with Crippen LogP contribution in [0.1, 0.15) is 24.4 Å². The molecule has 2 N–H and O–H groups in total. The van der Waals surface area contributed by atoms with Gasteiger partial charge in [-0.05, 0) is 35.6 Å². The molecule has 2 aromatic carbocycles. The zero-order valence-corrected chi connectivity index (χ0v) is 18.1. The Bertz CT molecular complexity index is 844. The number of aliphatic carboxylic acids is 1. The third-order valence-electron chi connectivity index (χ3n) is 6.75. The summed E-state index contributed by atoms with van der Waals surface area (Å²) in [5.74, 6) is -0.777. The fraction of sp³-hybridized carbons (Fsp3) is 0.480. The maximum Gasteiger partial charge on any atom is 0.325 e. The normalized spacial score (nSPS) is 20.5. The van der Waals surface area contributed by atoms with E-state index in [0.717, 1.165) is 75.3 Å². The lowest BCUT2D eigenvalue weighted by Gasteiger charge is -2.43. The summed E-state index contributed by atoms with van der Waals surface area (Å²) in [6.45, 7) is 6.66. The number of hydrogen-bond donors (Lipinski definition) is 2. The molecule has 2 fully saturated rings. The van der Waals surface area contributed by atoms with E-state index in [4.69, 9.17) is 5.11 Å². The minimum Gasteiger partial charge on any atom is -0.480 e. The number of β-amino-alcohol motifs (C(OH)–C–C–N with tert-alkyl or cyclic N) is 1. The van der Waals surface area contributed by atoms with Crippen molar-refractivity contribution in [3.8, 4) is 11.1 Å². The van der Waals surface area contributed by atoms with Crippen LogP contribution in [-0.4, -0.2) is 89.3 Å². The molecule has 0 radical (unpaired) electrons. The first-order valence-corrected chi connectivity index (χ1v) is 11.3. The van der Waals surface area contributed by atoms with Crippen LogP contribution in [0.5, 0.6) is 0 Å². The molecule has 2 aliphatic rings. The fourth-order valence-electron chi connectivity index (χ4n) is 5.03. The zero-order valence-electron chi connectivity index (χ0n) is 18.1. The average molecular weight is 424 g/mol. The number of piperazine rings is 1. The van der Waals surface area contributed by atoms with Gasteiger partial charge in [0.1, 0.15) is 6.04 Å². The first-order valence-electron chi connectivity index (χ1n) is 11.3. The molecule has 2 aromatic rings. The van der Waals surface area contributed by atoms with Crippen molar-refractivity contribution in [3.63, 3.8) is 0 Å². The summed E-state index contributed by atoms with van der Waals surface area (Å²) in [4.78, 5) is 19.2. The zero-order chi connectivity index (χ0) is 21.6. The number of aliphatic hydroxyl groups is 1. The summed E-state index contributed by atoms with van der Waals surface area (Å²) in [7, 11) is 0. The van der Waals surface area contributed by atoms with Crippen LogP contribution in [0.25, 0.3) is 11.1 Å². The average Bonchev–Trinajstić information content (AvgIpc) is 2.81. The van der Waals surface area contributed by atoms with Crippen LogP contribution in [0.3, 0.4) is 0 Å². The summed E-state index contributed by atoms with van der Waals surface area (Å²) in [5, 5.41) is 19.2. The number of carboxylic acids is 1. The van der Waals surface area contributed by atoms with Crippen LogP contribution in [-0.2, 0) is 4.79 Å². The fourth-order valence-corrected chi connectivity index (χ4v) is 5.03.